The Morgan fingerprint density at radius 3 is 2.80 bits per heavy atom. The summed E-state index contributed by atoms with van der Waals surface area (Å²) in [6, 6.07) is 12.5. The van der Waals surface area contributed by atoms with Crippen molar-refractivity contribution in [3.63, 3.8) is 0 Å². The molecule has 4 rings (SSSR count). The average molecular weight is 337 g/mol. The van der Waals surface area contributed by atoms with E-state index in [1.807, 2.05) is 37.3 Å². The molecule has 3 heterocycles. The van der Waals surface area contributed by atoms with Gasteiger partial charge in [0.2, 0.25) is 0 Å². The average Bonchev–Trinajstić information content (AvgIpc) is 3.32. The number of nitrogens with zero attached hydrogens (tertiary/aromatic N) is 5. The quantitative estimate of drug-likeness (QED) is 0.715. The lowest BCUT2D eigenvalue weighted by atomic mass is 10.2. The third kappa shape index (κ3) is 3.49. The minimum Gasteiger partial charge on any atom is -0.334 e. The van der Waals surface area contributed by atoms with E-state index in [2.05, 4.69) is 37.8 Å². The first-order valence-electron chi connectivity index (χ1n) is 8.82. The van der Waals surface area contributed by atoms with Gasteiger partial charge in [0.1, 0.15) is 0 Å². The molecule has 0 amide bonds. The van der Waals surface area contributed by atoms with Crippen LogP contribution >= 0.6 is 0 Å². The predicted octanol–water partition coefficient (Wildman–Crippen LogP) is 3.21. The maximum atomic E-state index is 5.43. The molecule has 1 saturated heterocycles. The molecule has 0 radical (unpaired) electrons. The van der Waals surface area contributed by atoms with E-state index in [1.54, 1.807) is 0 Å². The van der Waals surface area contributed by atoms with E-state index >= 15 is 0 Å². The Bertz CT molecular complexity index is 839. The topological polar surface area (TPSA) is 60.0 Å². The second kappa shape index (κ2) is 6.80. The highest BCUT2D eigenvalue weighted by atomic mass is 16.5. The molecule has 6 nitrogen and oxygen atoms in total. The van der Waals surface area contributed by atoms with Gasteiger partial charge in [-0.1, -0.05) is 23.4 Å². The zero-order chi connectivity index (χ0) is 17.2. The summed E-state index contributed by atoms with van der Waals surface area (Å²) in [5.74, 6) is 1.34. The molecule has 6 heteroatoms. The Kier molecular flexibility index (Phi) is 4.36. The van der Waals surface area contributed by atoms with E-state index in [4.69, 9.17) is 4.52 Å². The highest BCUT2D eigenvalue weighted by Crippen LogP contribution is 2.23. The molecule has 1 atom stereocenters. The van der Waals surface area contributed by atoms with Crippen molar-refractivity contribution in [2.75, 3.05) is 6.54 Å². The Balaban J connectivity index is 1.45. The lowest BCUT2D eigenvalue weighted by molar-refractivity contribution is 0.210. The third-order valence-electron chi connectivity index (χ3n) is 4.82. The van der Waals surface area contributed by atoms with E-state index in [-0.39, 0.29) is 0 Å². The van der Waals surface area contributed by atoms with Gasteiger partial charge in [0, 0.05) is 17.3 Å². The molecular weight excluding hydrogens is 314 g/mol. The lowest BCUT2D eigenvalue weighted by Gasteiger charge is -2.23. The largest absolute Gasteiger partial charge is 0.334 e. The van der Waals surface area contributed by atoms with Crippen molar-refractivity contribution in [3.05, 3.63) is 53.6 Å². The summed E-state index contributed by atoms with van der Waals surface area (Å²) in [4.78, 5) is 7.01. The van der Waals surface area contributed by atoms with E-state index in [0.717, 1.165) is 36.7 Å². The Labute approximate surface area is 147 Å². The van der Waals surface area contributed by atoms with Crippen LogP contribution in [0.15, 0.2) is 40.9 Å². The summed E-state index contributed by atoms with van der Waals surface area (Å²) in [6.45, 7) is 6.87. The predicted molar refractivity (Wildman–Crippen MR) is 94.9 cm³/mol. The maximum absolute atomic E-state index is 5.43. The van der Waals surface area contributed by atoms with Crippen molar-refractivity contribution in [1.29, 1.82) is 0 Å². The zero-order valence-corrected chi connectivity index (χ0v) is 14.7. The van der Waals surface area contributed by atoms with Crippen molar-refractivity contribution < 1.29 is 4.52 Å². The number of aryl methyl sites for hydroxylation is 2. The van der Waals surface area contributed by atoms with Crippen molar-refractivity contribution in [1.82, 2.24) is 24.8 Å². The minimum atomic E-state index is 0.469. The van der Waals surface area contributed by atoms with Crippen molar-refractivity contribution in [3.8, 4) is 11.5 Å². The van der Waals surface area contributed by atoms with Crippen LogP contribution < -0.4 is 0 Å². The number of aromatic nitrogens is 4. The molecule has 25 heavy (non-hydrogen) atoms. The highest BCUT2D eigenvalue weighted by molar-refractivity contribution is 5.51. The Hall–Kier alpha value is -2.47. The van der Waals surface area contributed by atoms with Crippen LogP contribution in [-0.2, 0) is 13.1 Å². The van der Waals surface area contributed by atoms with Gasteiger partial charge in [0.25, 0.3) is 5.89 Å². The van der Waals surface area contributed by atoms with Gasteiger partial charge >= 0.3 is 0 Å². The van der Waals surface area contributed by atoms with Gasteiger partial charge in [-0.15, -0.1) is 0 Å². The molecule has 0 spiro atoms. The van der Waals surface area contributed by atoms with Crippen LogP contribution in [0, 0.1) is 13.8 Å². The molecule has 1 unspecified atom stereocenters. The van der Waals surface area contributed by atoms with Crippen molar-refractivity contribution >= 4 is 0 Å². The molecule has 1 aliphatic rings. The first-order chi connectivity index (χ1) is 12.2. The fraction of sp³-hybridized carbons (Fsp3) is 0.421. The lowest BCUT2D eigenvalue weighted by Crippen LogP contribution is -2.33. The van der Waals surface area contributed by atoms with Gasteiger partial charge in [0.05, 0.1) is 18.8 Å². The normalized spacial score (nSPS) is 18.1. The summed E-state index contributed by atoms with van der Waals surface area (Å²) < 4.78 is 7.55. The number of likely N-dealkylation sites (tertiary alicyclic amines) is 1. The molecule has 0 bridgehead atoms. The van der Waals surface area contributed by atoms with E-state index < -0.39 is 0 Å². The SMILES string of the molecule is Cc1cc(C)n(CC2CCCN2Cc2noc(-c3ccccc3)n2)n1. The molecular formula is C19H23N5O. The van der Waals surface area contributed by atoms with Gasteiger partial charge in [-0.25, -0.2) is 0 Å². The number of benzene rings is 1. The first kappa shape index (κ1) is 16.0. The smallest absolute Gasteiger partial charge is 0.257 e. The number of hydrogen-bond acceptors (Lipinski definition) is 5. The van der Waals surface area contributed by atoms with Gasteiger partial charge in [-0.2, -0.15) is 10.1 Å². The van der Waals surface area contributed by atoms with E-state index in [1.165, 1.54) is 18.5 Å². The van der Waals surface area contributed by atoms with Gasteiger partial charge in [-0.05, 0) is 51.4 Å². The summed E-state index contributed by atoms with van der Waals surface area (Å²) >= 11 is 0. The van der Waals surface area contributed by atoms with E-state index in [9.17, 15) is 0 Å². The minimum absolute atomic E-state index is 0.469. The van der Waals surface area contributed by atoms with Crippen molar-refractivity contribution in [2.24, 2.45) is 0 Å². The molecule has 1 fully saturated rings. The molecule has 0 saturated carbocycles. The summed E-state index contributed by atoms with van der Waals surface area (Å²) in [7, 11) is 0. The van der Waals surface area contributed by atoms with Crippen LogP contribution in [-0.4, -0.2) is 37.4 Å². The van der Waals surface area contributed by atoms with Gasteiger partial charge in [-0.3, -0.25) is 9.58 Å². The maximum Gasteiger partial charge on any atom is 0.257 e. The number of hydrogen-bond donors (Lipinski definition) is 0. The molecule has 0 aliphatic carbocycles. The Morgan fingerprint density at radius 1 is 1.20 bits per heavy atom. The third-order valence-corrected chi connectivity index (χ3v) is 4.82. The monoisotopic (exact) mass is 337 g/mol. The van der Waals surface area contributed by atoms with Gasteiger partial charge < -0.3 is 4.52 Å². The second-order valence-corrected chi connectivity index (χ2v) is 6.76. The van der Waals surface area contributed by atoms with Crippen LogP contribution in [0.3, 0.4) is 0 Å². The molecule has 2 aromatic heterocycles. The number of rotatable bonds is 5. The fourth-order valence-corrected chi connectivity index (χ4v) is 3.57. The van der Waals surface area contributed by atoms with Crippen LogP contribution in [0.4, 0.5) is 0 Å². The highest BCUT2D eigenvalue weighted by Gasteiger charge is 2.27. The summed E-state index contributed by atoms with van der Waals surface area (Å²) in [5.41, 5.74) is 3.25. The van der Waals surface area contributed by atoms with Crippen LogP contribution in [0.1, 0.15) is 30.1 Å². The zero-order valence-electron chi connectivity index (χ0n) is 14.7. The Morgan fingerprint density at radius 2 is 2.04 bits per heavy atom. The fourth-order valence-electron chi connectivity index (χ4n) is 3.57. The second-order valence-electron chi connectivity index (χ2n) is 6.76. The molecule has 1 aliphatic heterocycles. The summed E-state index contributed by atoms with van der Waals surface area (Å²) in [6.07, 6.45) is 2.38. The molecule has 1 aromatic carbocycles. The standard InChI is InChI=1S/C19H23N5O/c1-14-11-15(2)24(21-14)12-17-9-6-10-23(17)13-18-20-19(25-22-18)16-7-4-3-5-8-16/h3-5,7-8,11,17H,6,9-10,12-13H2,1-2H3. The first-order valence-corrected chi connectivity index (χ1v) is 8.82. The molecule has 130 valence electrons. The van der Waals surface area contributed by atoms with Gasteiger partial charge in [0.15, 0.2) is 5.82 Å². The molecule has 3 aromatic rings. The van der Waals surface area contributed by atoms with Crippen molar-refractivity contribution in [2.45, 2.75) is 45.8 Å². The molecule has 0 N–H and O–H groups in total. The summed E-state index contributed by atoms with van der Waals surface area (Å²) in [5, 5.41) is 8.77. The van der Waals surface area contributed by atoms with Crippen LogP contribution in [0.2, 0.25) is 0 Å². The van der Waals surface area contributed by atoms with E-state index in [0.29, 0.717) is 11.9 Å². The van der Waals surface area contributed by atoms with Crippen LogP contribution in [0.5, 0.6) is 0 Å². The van der Waals surface area contributed by atoms with Crippen LogP contribution in [0.25, 0.3) is 11.5 Å².